The van der Waals surface area contributed by atoms with E-state index in [1.165, 1.54) is 0 Å². The third-order valence-corrected chi connectivity index (χ3v) is 6.18. The molecule has 15 nitrogen and oxygen atoms in total. The predicted molar refractivity (Wildman–Crippen MR) is 90.9 cm³/mol. The Labute approximate surface area is 160 Å². The number of hydrogen-bond acceptors (Lipinski definition) is 10. The first-order valence-electron chi connectivity index (χ1n) is 7.70. The number of alkyl halides is 1. The highest BCUT2D eigenvalue weighted by Gasteiger charge is 2.56. The van der Waals surface area contributed by atoms with Gasteiger partial charge in [0.2, 0.25) is 5.95 Å². The molecule has 0 aromatic carbocycles. The van der Waals surface area contributed by atoms with Crippen molar-refractivity contribution in [3.63, 3.8) is 0 Å². The summed E-state index contributed by atoms with van der Waals surface area (Å²) in [4.78, 5) is 48.1. The van der Waals surface area contributed by atoms with Gasteiger partial charge in [-0.15, -0.1) is 0 Å². The van der Waals surface area contributed by atoms with Gasteiger partial charge in [0.05, 0.1) is 12.9 Å². The smallest absolute Gasteiger partial charge is 0.387 e. The van der Waals surface area contributed by atoms with E-state index in [9.17, 15) is 23.9 Å². The van der Waals surface area contributed by atoms with Gasteiger partial charge >= 0.3 is 15.6 Å². The van der Waals surface area contributed by atoms with Crippen LogP contribution in [0.15, 0.2) is 11.1 Å². The Hall–Kier alpha value is -1.74. The van der Waals surface area contributed by atoms with Gasteiger partial charge < -0.3 is 30.3 Å². The molecule has 0 aliphatic carbocycles. The molecular weight excluding hydrogens is 443 g/mol. The average Bonchev–Trinajstić information content (AvgIpc) is 3.04. The Morgan fingerprint density at radius 1 is 1.45 bits per heavy atom. The summed E-state index contributed by atoms with van der Waals surface area (Å²) < 4.78 is 51.7. The summed E-state index contributed by atoms with van der Waals surface area (Å²) in [5, 5.41) is 10.2. The molecule has 0 radical (unpaired) electrons. The molecule has 0 spiro atoms. The maximum Gasteiger partial charge on any atom is 0.481 e. The molecule has 7 N–H and O–H groups in total. The lowest BCUT2D eigenvalue weighted by Gasteiger charge is -2.24. The van der Waals surface area contributed by atoms with Crippen molar-refractivity contribution in [2.24, 2.45) is 0 Å². The van der Waals surface area contributed by atoms with E-state index < -0.39 is 51.9 Å². The van der Waals surface area contributed by atoms with E-state index in [2.05, 4.69) is 23.8 Å². The Kier molecular flexibility index (Phi) is 5.45. The molecule has 1 aliphatic rings. The number of ether oxygens (including phenoxy) is 1. The fourth-order valence-corrected chi connectivity index (χ4v) is 4.39. The number of H-pyrrole nitrogens is 1. The normalized spacial score (nSPS) is 29.9. The van der Waals surface area contributed by atoms with Crippen LogP contribution in [0.3, 0.4) is 0 Å². The molecule has 2 aromatic rings. The number of nitrogens with zero attached hydrogens (tertiary/aromatic N) is 3. The van der Waals surface area contributed by atoms with E-state index in [1.807, 2.05) is 0 Å². The monoisotopic (exact) mass is 459 g/mol. The molecule has 162 valence electrons. The van der Waals surface area contributed by atoms with Gasteiger partial charge in [-0.3, -0.25) is 18.9 Å². The second kappa shape index (κ2) is 7.19. The maximum absolute atomic E-state index is 15.2. The van der Waals surface area contributed by atoms with Crippen LogP contribution < -0.4 is 11.3 Å². The summed E-state index contributed by atoms with van der Waals surface area (Å²) >= 11 is 0. The number of fused-ring (bicyclic) bond motifs is 1. The van der Waals surface area contributed by atoms with Gasteiger partial charge in [-0.25, -0.2) is 18.5 Å². The number of rotatable bonds is 6. The molecule has 18 heteroatoms. The molecule has 0 saturated carbocycles. The third-order valence-electron chi connectivity index (χ3n) is 4.03. The van der Waals surface area contributed by atoms with E-state index in [0.29, 0.717) is 0 Å². The molecule has 3 heterocycles. The number of anilines is 1. The van der Waals surface area contributed by atoms with Crippen molar-refractivity contribution in [1.82, 2.24) is 19.5 Å². The molecular formula is C11H16FN5O10P2. The zero-order valence-electron chi connectivity index (χ0n) is 14.4. The van der Waals surface area contributed by atoms with Crippen molar-refractivity contribution in [2.45, 2.75) is 31.0 Å². The largest absolute Gasteiger partial charge is 0.481 e. The molecule has 5 atom stereocenters. The summed E-state index contributed by atoms with van der Waals surface area (Å²) in [6, 6.07) is 0. The molecule has 29 heavy (non-hydrogen) atoms. The lowest BCUT2D eigenvalue weighted by atomic mass is 9.98. The van der Waals surface area contributed by atoms with Crippen LogP contribution in [-0.2, 0) is 22.7 Å². The minimum atomic E-state index is -5.36. The first-order valence-corrected chi connectivity index (χ1v) is 10.7. The minimum Gasteiger partial charge on any atom is -0.387 e. The van der Waals surface area contributed by atoms with Gasteiger partial charge in [0.25, 0.3) is 5.56 Å². The lowest BCUT2D eigenvalue weighted by molar-refractivity contribution is -0.0560. The van der Waals surface area contributed by atoms with Crippen molar-refractivity contribution in [2.75, 3.05) is 12.3 Å². The number of nitrogens with two attached hydrogens (primary N) is 1. The second-order valence-corrected chi connectivity index (χ2v) is 9.06. The number of nitrogens with one attached hydrogen (secondary N) is 1. The predicted octanol–water partition coefficient (Wildman–Crippen LogP) is -1.09. The Morgan fingerprint density at radius 3 is 2.72 bits per heavy atom. The number of imidazole rings is 1. The van der Waals surface area contributed by atoms with Gasteiger partial charge in [-0.05, 0) is 6.92 Å². The Balaban J connectivity index is 1.85. The van der Waals surface area contributed by atoms with E-state index in [-0.39, 0.29) is 17.1 Å². The number of aromatic amines is 1. The molecule has 2 unspecified atom stereocenters. The molecule has 2 aromatic heterocycles. The van der Waals surface area contributed by atoms with E-state index in [0.717, 1.165) is 17.8 Å². The Bertz CT molecular complexity index is 1080. The summed E-state index contributed by atoms with van der Waals surface area (Å²) in [7, 11) is -10.6. The number of halogens is 1. The fourth-order valence-electron chi connectivity index (χ4n) is 2.79. The first kappa shape index (κ1) is 22.0. The van der Waals surface area contributed by atoms with Gasteiger partial charge in [-0.2, -0.15) is 9.29 Å². The third kappa shape index (κ3) is 4.40. The van der Waals surface area contributed by atoms with Gasteiger partial charge in [0.1, 0.15) is 12.2 Å². The van der Waals surface area contributed by atoms with Crippen LogP contribution in [-0.4, -0.2) is 63.8 Å². The fraction of sp³-hybridized carbons (Fsp3) is 0.545. The van der Waals surface area contributed by atoms with Crippen molar-refractivity contribution in [1.29, 1.82) is 0 Å². The minimum absolute atomic E-state index is 0.147. The lowest BCUT2D eigenvalue weighted by Crippen LogP contribution is -2.40. The molecule has 1 aliphatic heterocycles. The standard InChI is InChI=1S/C11H16FN5O10P2/c1-11(12)6(18)4(2-25-29(23,24)27-28(20,21)22)26-9(11)17-3-14-5-7(17)15-10(13)16-8(5)19/h3-4,6,9,18H,2H2,1H3,(H,23,24)(H2,20,21,22)(H3,13,15,16,19)/t4-,6?,9-,11-/m1/s1. The summed E-state index contributed by atoms with van der Waals surface area (Å²) in [6.07, 6.45) is -4.06. The van der Waals surface area contributed by atoms with Crippen LogP contribution in [0, 0.1) is 0 Å². The van der Waals surface area contributed by atoms with Crippen LogP contribution in [0.4, 0.5) is 10.3 Å². The first-order chi connectivity index (χ1) is 13.2. The quantitative estimate of drug-likeness (QED) is 0.282. The van der Waals surface area contributed by atoms with Crippen molar-refractivity contribution in [3.05, 3.63) is 16.7 Å². The summed E-state index contributed by atoms with van der Waals surface area (Å²) in [5.74, 6) is -0.279. The van der Waals surface area contributed by atoms with Gasteiger partial charge in [0.15, 0.2) is 23.1 Å². The topological polar surface area (TPSA) is 232 Å². The number of phosphoric ester groups is 1. The van der Waals surface area contributed by atoms with Crippen LogP contribution in [0.1, 0.15) is 13.2 Å². The van der Waals surface area contributed by atoms with Crippen molar-refractivity contribution in [3.8, 4) is 0 Å². The van der Waals surface area contributed by atoms with Crippen LogP contribution in [0.25, 0.3) is 11.2 Å². The highest BCUT2D eigenvalue weighted by atomic mass is 31.3. The molecule has 3 rings (SSSR count). The number of aromatic nitrogens is 4. The second-order valence-electron chi connectivity index (χ2n) is 6.23. The average molecular weight is 459 g/mol. The number of aliphatic hydroxyl groups is 1. The van der Waals surface area contributed by atoms with Crippen LogP contribution >= 0.6 is 15.6 Å². The van der Waals surface area contributed by atoms with Crippen LogP contribution in [0.5, 0.6) is 0 Å². The van der Waals surface area contributed by atoms with Crippen LogP contribution in [0.2, 0.25) is 0 Å². The maximum atomic E-state index is 15.2. The number of aliphatic hydroxyl groups excluding tert-OH is 1. The summed E-state index contributed by atoms with van der Waals surface area (Å²) in [5.41, 5.74) is 1.93. The highest BCUT2D eigenvalue weighted by Crippen LogP contribution is 2.58. The van der Waals surface area contributed by atoms with E-state index >= 15 is 4.39 Å². The van der Waals surface area contributed by atoms with Gasteiger partial charge in [-0.1, -0.05) is 0 Å². The molecule has 0 amide bonds. The number of hydrogen-bond donors (Lipinski definition) is 6. The molecule has 0 bridgehead atoms. The number of nitrogen functional groups attached to an aromatic ring is 1. The number of phosphoric acid groups is 2. The van der Waals surface area contributed by atoms with Crippen molar-refractivity contribution >= 4 is 32.8 Å². The zero-order chi connectivity index (χ0) is 21.8. The highest BCUT2D eigenvalue weighted by molar-refractivity contribution is 7.60. The molecule has 1 saturated heterocycles. The SMILES string of the molecule is C[C@@]1(F)C(O)[C@@H](COP(=O)(O)OP(=O)(O)O)O[C@H]1n1cnc2c(=O)[nH]c(N)nc21. The zero-order valence-corrected chi connectivity index (χ0v) is 16.2. The summed E-state index contributed by atoms with van der Waals surface area (Å²) in [6.45, 7) is -0.0108. The van der Waals surface area contributed by atoms with E-state index in [1.54, 1.807) is 0 Å². The van der Waals surface area contributed by atoms with Gasteiger partial charge in [0, 0.05) is 0 Å². The molecule has 1 fully saturated rings. The van der Waals surface area contributed by atoms with Crippen molar-refractivity contribution < 1.29 is 46.9 Å². The van der Waals surface area contributed by atoms with E-state index in [4.69, 9.17) is 20.3 Å². The Morgan fingerprint density at radius 2 is 2.10 bits per heavy atom.